The van der Waals surface area contributed by atoms with E-state index in [2.05, 4.69) is 25.4 Å². The van der Waals surface area contributed by atoms with Gasteiger partial charge in [-0.1, -0.05) is 18.5 Å². The molecule has 2 aromatic rings. The van der Waals surface area contributed by atoms with Crippen molar-refractivity contribution in [3.05, 3.63) is 16.9 Å². The van der Waals surface area contributed by atoms with Gasteiger partial charge in [0.15, 0.2) is 0 Å². The van der Waals surface area contributed by atoms with E-state index in [-0.39, 0.29) is 6.01 Å². The van der Waals surface area contributed by atoms with Crippen molar-refractivity contribution in [3.8, 4) is 12.0 Å². The standard InChI is InChI=1S/C11H15ClN6O/c1-4-5-19-11-15-9(13-3)14-10(16-11)18-6-8(12)7(2)17-18/h6H,4-5H2,1-3H3,(H,13,14,15,16). The Kier molecular flexibility index (Phi) is 4.16. The fourth-order valence-electron chi connectivity index (χ4n) is 1.36. The average molecular weight is 283 g/mol. The molecule has 0 saturated heterocycles. The van der Waals surface area contributed by atoms with Gasteiger partial charge in [0.05, 0.1) is 23.5 Å². The summed E-state index contributed by atoms with van der Waals surface area (Å²) in [6.45, 7) is 4.37. The van der Waals surface area contributed by atoms with Crippen molar-refractivity contribution in [2.24, 2.45) is 0 Å². The monoisotopic (exact) mass is 282 g/mol. The second-order valence-corrected chi connectivity index (χ2v) is 4.25. The molecule has 8 heteroatoms. The Morgan fingerprint density at radius 1 is 1.37 bits per heavy atom. The second-order valence-electron chi connectivity index (χ2n) is 3.85. The number of aromatic nitrogens is 5. The maximum atomic E-state index is 5.97. The minimum atomic E-state index is 0.264. The van der Waals surface area contributed by atoms with Crippen LogP contribution in [0.1, 0.15) is 19.0 Å². The molecule has 0 spiro atoms. The van der Waals surface area contributed by atoms with Crippen molar-refractivity contribution in [2.45, 2.75) is 20.3 Å². The Balaban J connectivity index is 2.38. The van der Waals surface area contributed by atoms with Crippen LogP contribution in [0.25, 0.3) is 5.95 Å². The lowest BCUT2D eigenvalue weighted by molar-refractivity contribution is 0.291. The zero-order valence-corrected chi connectivity index (χ0v) is 11.8. The molecule has 19 heavy (non-hydrogen) atoms. The van der Waals surface area contributed by atoms with Crippen molar-refractivity contribution in [2.75, 3.05) is 19.0 Å². The SMILES string of the molecule is CCCOc1nc(NC)nc(-n2cc(Cl)c(C)n2)n1. The van der Waals surface area contributed by atoms with Gasteiger partial charge in [-0.2, -0.15) is 20.1 Å². The van der Waals surface area contributed by atoms with E-state index in [4.69, 9.17) is 16.3 Å². The summed E-state index contributed by atoms with van der Waals surface area (Å²) in [6, 6.07) is 0.264. The van der Waals surface area contributed by atoms with Crippen LogP contribution in [0.5, 0.6) is 6.01 Å². The number of aryl methyl sites for hydroxylation is 1. The van der Waals surface area contributed by atoms with Crippen molar-refractivity contribution < 1.29 is 4.74 Å². The quantitative estimate of drug-likeness (QED) is 0.902. The molecular weight excluding hydrogens is 268 g/mol. The third-order valence-corrected chi connectivity index (χ3v) is 2.68. The van der Waals surface area contributed by atoms with E-state index < -0.39 is 0 Å². The predicted molar refractivity (Wildman–Crippen MR) is 72.0 cm³/mol. The molecule has 2 heterocycles. The highest BCUT2D eigenvalue weighted by molar-refractivity contribution is 6.31. The van der Waals surface area contributed by atoms with Crippen LogP contribution in [-0.4, -0.2) is 38.4 Å². The van der Waals surface area contributed by atoms with Gasteiger partial charge >= 0.3 is 6.01 Å². The summed E-state index contributed by atoms with van der Waals surface area (Å²) in [7, 11) is 1.73. The Bertz CT molecular complexity index is 551. The van der Waals surface area contributed by atoms with Gasteiger partial charge in [-0.3, -0.25) is 0 Å². The zero-order valence-electron chi connectivity index (χ0n) is 11.0. The summed E-state index contributed by atoms with van der Waals surface area (Å²) >= 11 is 5.97. The van der Waals surface area contributed by atoms with Crippen LogP contribution in [0.2, 0.25) is 5.02 Å². The van der Waals surface area contributed by atoms with Crippen LogP contribution < -0.4 is 10.1 Å². The number of halogens is 1. The highest BCUT2D eigenvalue weighted by atomic mass is 35.5. The summed E-state index contributed by atoms with van der Waals surface area (Å²) in [5, 5.41) is 7.64. The molecule has 0 bridgehead atoms. The van der Waals surface area contributed by atoms with E-state index in [1.165, 1.54) is 4.68 Å². The first-order valence-corrected chi connectivity index (χ1v) is 6.30. The lowest BCUT2D eigenvalue weighted by Crippen LogP contribution is -2.10. The van der Waals surface area contributed by atoms with Gasteiger partial charge in [-0.05, 0) is 13.3 Å². The molecule has 0 unspecified atom stereocenters. The predicted octanol–water partition coefficient (Wildman–Crippen LogP) is 1.85. The molecule has 0 aliphatic heterocycles. The molecule has 102 valence electrons. The largest absolute Gasteiger partial charge is 0.463 e. The molecule has 0 amide bonds. The first-order chi connectivity index (χ1) is 9.13. The summed E-state index contributed by atoms with van der Waals surface area (Å²) in [6.07, 6.45) is 2.53. The number of hydrogen-bond donors (Lipinski definition) is 1. The van der Waals surface area contributed by atoms with Crippen LogP contribution in [0.4, 0.5) is 5.95 Å². The maximum absolute atomic E-state index is 5.97. The maximum Gasteiger partial charge on any atom is 0.323 e. The molecule has 2 rings (SSSR count). The van der Waals surface area contributed by atoms with Gasteiger partial charge < -0.3 is 10.1 Å². The van der Waals surface area contributed by atoms with E-state index in [0.717, 1.165) is 6.42 Å². The smallest absolute Gasteiger partial charge is 0.323 e. The number of rotatable bonds is 5. The summed E-state index contributed by atoms with van der Waals surface area (Å²) in [4.78, 5) is 12.5. The number of anilines is 1. The van der Waals surface area contributed by atoms with Gasteiger partial charge in [-0.15, -0.1) is 0 Å². The van der Waals surface area contributed by atoms with E-state index in [1.807, 2.05) is 13.8 Å². The zero-order chi connectivity index (χ0) is 13.8. The molecule has 0 fully saturated rings. The number of nitrogens with zero attached hydrogens (tertiary/aromatic N) is 5. The highest BCUT2D eigenvalue weighted by Gasteiger charge is 2.11. The van der Waals surface area contributed by atoms with Crippen LogP contribution in [0.3, 0.4) is 0 Å². The minimum absolute atomic E-state index is 0.264. The molecule has 0 saturated carbocycles. The molecule has 2 aromatic heterocycles. The molecular formula is C11H15ClN6O. The van der Waals surface area contributed by atoms with Crippen LogP contribution in [0.15, 0.2) is 6.20 Å². The van der Waals surface area contributed by atoms with Gasteiger partial charge in [0, 0.05) is 7.05 Å². The third-order valence-electron chi connectivity index (χ3n) is 2.31. The Morgan fingerprint density at radius 2 is 2.16 bits per heavy atom. The third kappa shape index (κ3) is 3.11. The molecule has 1 N–H and O–H groups in total. The van der Waals surface area contributed by atoms with E-state index in [1.54, 1.807) is 13.2 Å². The summed E-state index contributed by atoms with van der Waals surface area (Å²) in [5.41, 5.74) is 0.712. The van der Waals surface area contributed by atoms with Gasteiger partial charge in [-0.25, -0.2) is 4.68 Å². The Labute approximate surface area is 116 Å². The Morgan fingerprint density at radius 3 is 2.74 bits per heavy atom. The van der Waals surface area contributed by atoms with Crippen molar-refractivity contribution in [1.29, 1.82) is 0 Å². The molecule has 0 aliphatic carbocycles. The highest BCUT2D eigenvalue weighted by Crippen LogP contribution is 2.16. The van der Waals surface area contributed by atoms with Crippen molar-refractivity contribution >= 4 is 17.5 Å². The van der Waals surface area contributed by atoms with E-state index in [0.29, 0.717) is 29.2 Å². The fraction of sp³-hybridized carbons (Fsp3) is 0.455. The van der Waals surface area contributed by atoms with Crippen LogP contribution >= 0.6 is 11.6 Å². The molecule has 7 nitrogen and oxygen atoms in total. The molecule has 0 radical (unpaired) electrons. The Hall–Kier alpha value is -1.89. The first kappa shape index (κ1) is 13.5. The van der Waals surface area contributed by atoms with Crippen molar-refractivity contribution in [1.82, 2.24) is 24.7 Å². The van der Waals surface area contributed by atoms with E-state index >= 15 is 0 Å². The summed E-state index contributed by atoms with van der Waals surface area (Å²) < 4.78 is 6.92. The minimum Gasteiger partial charge on any atom is -0.463 e. The normalized spacial score (nSPS) is 10.5. The van der Waals surface area contributed by atoms with Crippen LogP contribution in [0, 0.1) is 6.92 Å². The van der Waals surface area contributed by atoms with Crippen LogP contribution in [-0.2, 0) is 0 Å². The average Bonchev–Trinajstić information content (AvgIpc) is 2.76. The van der Waals surface area contributed by atoms with Gasteiger partial charge in [0.1, 0.15) is 0 Å². The number of ether oxygens (including phenoxy) is 1. The van der Waals surface area contributed by atoms with Gasteiger partial charge in [0.2, 0.25) is 5.95 Å². The number of nitrogens with one attached hydrogen (secondary N) is 1. The second kappa shape index (κ2) is 5.83. The lowest BCUT2D eigenvalue weighted by atomic mass is 10.5. The first-order valence-electron chi connectivity index (χ1n) is 5.92. The summed E-state index contributed by atoms with van der Waals surface area (Å²) in [5.74, 6) is 0.779. The molecule has 0 atom stereocenters. The van der Waals surface area contributed by atoms with Gasteiger partial charge in [0.25, 0.3) is 5.95 Å². The molecule has 0 aromatic carbocycles. The van der Waals surface area contributed by atoms with E-state index in [9.17, 15) is 0 Å². The molecule has 0 aliphatic rings. The van der Waals surface area contributed by atoms with Crippen molar-refractivity contribution in [3.63, 3.8) is 0 Å². The number of hydrogen-bond acceptors (Lipinski definition) is 6. The fourth-order valence-corrected chi connectivity index (χ4v) is 1.49. The topological polar surface area (TPSA) is 77.8 Å². The lowest BCUT2D eigenvalue weighted by Gasteiger charge is -2.06.